The highest BCUT2D eigenvalue weighted by Crippen LogP contribution is 2.32. The number of rotatable bonds is 3. The van der Waals surface area contributed by atoms with Crippen LogP contribution in [-0.2, 0) is 34.2 Å². The highest BCUT2D eigenvalue weighted by Gasteiger charge is 2.38. The van der Waals surface area contributed by atoms with Crippen molar-refractivity contribution >= 4 is 15.9 Å². The number of aryl methyl sites for hydroxylation is 1. The summed E-state index contributed by atoms with van der Waals surface area (Å²) in [7, 11) is -3.48. The molecule has 4 rings (SSSR count). The highest BCUT2D eigenvalue weighted by atomic mass is 32.2. The van der Waals surface area contributed by atoms with Gasteiger partial charge in [0.1, 0.15) is 6.04 Å². The number of carbonyl (C=O) groups excluding carboxylic acids is 1. The van der Waals surface area contributed by atoms with Crippen LogP contribution < -0.4 is 5.32 Å². The molecule has 26 heavy (non-hydrogen) atoms. The number of nitrogens with zero attached hydrogens (tertiary/aromatic N) is 1. The molecule has 1 heterocycles. The van der Waals surface area contributed by atoms with Gasteiger partial charge in [0.2, 0.25) is 15.9 Å². The first kappa shape index (κ1) is 17.2. The zero-order chi connectivity index (χ0) is 18.3. The molecule has 2 aliphatic rings. The molecule has 136 valence electrons. The van der Waals surface area contributed by atoms with Gasteiger partial charge in [-0.05, 0) is 41.5 Å². The maximum Gasteiger partial charge on any atom is 0.239 e. The van der Waals surface area contributed by atoms with Crippen molar-refractivity contribution in [1.82, 2.24) is 9.62 Å². The van der Waals surface area contributed by atoms with Crippen LogP contribution in [-0.4, -0.2) is 30.9 Å². The van der Waals surface area contributed by atoms with Crippen molar-refractivity contribution < 1.29 is 13.2 Å². The predicted molar refractivity (Wildman–Crippen MR) is 100.0 cm³/mol. The lowest BCUT2D eigenvalue weighted by Gasteiger charge is -2.34. The van der Waals surface area contributed by atoms with E-state index >= 15 is 0 Å². The fraction of sp³-hybridized carbons (Fsp3) is 0.350. The molecule has 5 nitrogen and oxygen atoms in total. The van der Waals surface area contributed by atoms with Gasteiger partial charge in [-0.1, -0.05) is 48.5 Å². The van der Waals surface area contributed by atoms with E-state index in [2.05, 4.69) is 11.4 Å². The second-order valence-electron chi connectivity index (χ2n) is 7.10. The monoisotopic (exact) mass is 370 g/mol. The van der Waals surface area contributed by atoms with E-state index in [0.717, 1.165) is 29.5 Å². The van der Waals surface area contributed by atoms with Crippen LogP contribution in [0.2, 0.25) is 0 Å². The van der Waals surface area contributed by atoms with Crippen molar-refractivity contribution in [3.05, 3.63) is 70.8 Å². The molecule has 0 fully saturated rings. The summed E-state index contributed by atoms with van der Waals surface area (Å²) < 4.78 is 25.9. The molecular weight excluding hydrogens is 348 g/mol. The van der Waals surface area contributed by atoms with Crippen LogP contribution in [0.5, 0.6) is 0 Å². The molecule has 0 unspecified atom stereocenters. The van der Waals surface area contributed by atoms with E-state index in [-0.39, 0.29) is 18.5 Å². The van der Waals surface area contributed by atoms with E-state index in [4.69, 9.17) is 0 Å². The Bertz CT molecular complexity index is 955. The number of amides is 1. The Labute approximate surface area is 154 Å². The molecule has 0 spiro atoms. The number of carbonyl (C=O) groups is 1. The Morgan fingerprint density at radius 2 is 1.69 bits per heavy atom. The van der Waals surface area contributed by atoms with Crippen molar-refractivity contribution in [2.24, 2.45) is 0 Å². The summed E-state index contributed by atoms with van der Waals surface area (Å²) in [5.41, 5.74) is 4.40. The molecule has 0 saturated carbocycles. The number of hydrogen-bond acceptors (Lipinski definition) is 3. The number of sulfonamides is 1. The van der Waals surface area contributed by atoms with Crippen molar-refractivity contribution in [3.8, 4) is 0 Å². The third-order valence-corrected chi connectivity index (χ3v) is 6.62. The summed E-state index contributed by atoms with van der Waals surface area (Å²) in [6.45, 7) is 0.244. The first-order valence-corrected chi connectivity index (χ1v) is 10.7. The van der Waals surface area contributed by atoms with Gasteiger partial charge in [0, 0.05) is 6.54 Å². The summed E-state index contributed by atoms with van der Waals surface area (Å²) in [6, 6.07) is 15.1. The van der Waals surface area contributed by atoms with Gasteiger partial charge in [-0.2, -0.15) is 4.31 Å². The Balaban J connectivity index is 1.60. The lowest BCUT2D eigenvalue weighted by Crippen LogP contribution is -2.52. The number of benzene rings is 2. The molecule has 2 aromatic rings. The summed E-state index contributed by atoms with van der Waals surface area (Å²) >= 11 is 0. The van der Waals surface area contributed by atoms with E-state index < -0.39 is 16.1 Å². The molecule has 0 bridgehead atoms. The van der Waals surface area contributed by atoms with Crippen molar-refractivity contribution in [3.63, 3.8) is 0 Å². The molecule has 0 saturated heterocycles. The summed E-state index contributed by atoms with van der Waals surface area (Å²) in [6.07, 6.45) is 3.37. The van der Waals surface area contributed by atoms with E-state index in [0.29, 0.717) is 6.42 Å². The molecule has 2 atom stereocenters. The maximum atomic E-state index is 13.0. The maximum absolute atomic E-state index is 13.0. The quantitative estimate of drug-likeness (QED) is 0.901. The Morgan fingerprint density at radius 1 is 1.04 bits per heavy atom. The van der Waals surface area contributed by atoms with Crippen LogP contribution in [0.1, 0.15) is 34.7 Å². The average molecular weight is 370 g/mol. The van der Waals surface area contributed by atoms with Crippen LogP contribution >= 0.6 is 0 Å². The van der Waals surface area contributed by atoms with Gasteiger partial charge in [0.25, 0.3) is 0 Å². The first-order chi connectivity index (χ1) is 12.4. The van der Waals surface area contributed by atoms with Crippen LogP contribution in [0.3, 0.4) is 0 Å². The molecule has 1 aliphatic carbocycles. The lowest BCUT2D eigenvalue weighted by molar-refractivity contribution is -0.126. The van der Waals surface area contributed by atoms with E-state index in [1.165, 1.54) is 16.1 Å². The predicted octanol–water partition coefficient (Wildman–Crippen LogP) is 2.18. The van der Waals surface area contributed by atoms with Crippen LogP contribution in [0.25, 0.3) is 0 Å². The molecule has 1 amide bonds. The van der Waals surface area contributed by atoms with Gasteiger partial charge >= 0.3 is 0 Å². The fourth-order valence-electron chi connectivity index (χ4n) is 4.05. The minimum absolute atomic E-state index is 0.0442. The number of hydrogen-bond donors (Lipinski definition) is 1. The molecule has 1 N–H and O–H groups in total. The smallest absolute Gasteiger partial charge is 0.239 e. The zero-order valence-corrected chi connectivity index (χ0v) is 15.5. The van der Waals surface area contributed by atoms with Crippen LogP contribution in [0.15, 0.2) is 48.5 Å². The van der Waals surface area contributed by atoms with Crippen molar-refractivity contribution in [2.45, 2.75) is 37.9 Å². The lowest BCUT2D eigenvalue weighted by atomic mass is 9.95. The third kappa shape index (κ3) is 3.15. The summed E-state index contributed by atoms with van der Waals surface area (Å²) in [5.74, 6) is -0.216. The Morgan fingerprint density at radius 3 is 2.42 bits per heavy atom. The summed E-state index contributed by atoms with van der Waals surface area (Å²) in [4.78, 5) is 13.0. The first-order valence-electron chi connectivity index (χ1n) is 8.85. The normalized spacial score (nSPS) is 22.5. The van der Waals surface area contributed by atoms with Gasteiger partial charge in [-0.15, -0.1) is 0 Å². The van der Waals surface area contributed by atoms with E-state index in [9.17, 15) is 13.2 Å². The second kappa shape index (κ2) is 6.52. The van der Waals surface area contributed by atoms with Gasteiger partial charge in [0.05, 0.1) is 12.3 Å². The molecular formula is C20H22N2O3S. The fourth-order valence-corrected chi connectivity index (χ4v) is 5.05. The Hall–Kier alpha value is -2.18. The molecule has 1 aliphatic heterocycles. The highest BCUT2D eigenvalue weighted by molar-refractivity contribution is 7.88. The summed E-state index contributed by atoms with van der Waals surface area (Å²) in [5, 5.41) is 3.09. The number of nitrogens with one attached hydrogen (secondary N) is 1. The number of fused-ring (bicyclic) bond motifs is 2. The molecule has 0 aromatic heterocycles. The minimum atomic E-state index is -3.48. The van der Waals surface area contributed by atoms with Gasteiger partial charge < -0.3 is 5.32 Å². The molecule has 6 heteroatoms. The average Bonchev–Trinajstić information content (AvgIpc) is 3.03. The van der Waals surface area contributed by atoms with Crippen LogP contribution in [0, 0.1) is 0 Å². The van der Waals surface area contributed by atoms with E-state index in [1.807, 2.05) is 42.5 Å². The van der Waals surface area contributed by atoms with E-state index in [1.54, 1.807) is 0 Å². The van der Waals surface area contributed by atoms with Gasteiger partial charge in [0.15, 0.2) is 0 Å². The minimum Gasteiger partial charge on any atom is -0.348 e. The largest absolute Gasteiger partial charge is 0.348 e. The van der Waals surface area contributed by atoms with Crippen molar-refractivity contribution in [1.29, 1.82) is 0 Å². The van der Waals surface area contributed by atoms with Crippen molar-refractivity contribution in [2.75, 3.05) is 6.26 Å². The standard InChI is InChI=1S/C20H22N2O3S/c1-26(24,25)22-13-16-8-3-2-7-15(16)12-19(22)20(23)21-18-11-10-14-6-4-5-9-17(14)18/h2-9,18-19H,10-13H2,1H3,(H,21,23)/t18-,19-/m0/s1. The SMILES string of the molecule is CS(=O)(=O)N1Cc2ccccc2C[C@H]1C(=O)N[C@H]1CCc2ccccc21. The van der Waals surface area contributed by atoms with Gasteiger partial charge in [-0.3, -0.25) is 4.79 Å². The second-order valence-corrected chi connectivity index (χ2v) is 9.03. The third-order valence-electron chi connectivity index (χ3n) is 5.38. The van der Waals surface area contributed by atoms with Crippen LogP contribution in [0.4, 0.5) is 0 Å². The molecule has 2 aromatic carbocycles. The Kier molecular flexibility index (Phi) is 4.32. The topological polar surface area (TPSA) is 66.5 Å². The molecule has 0 radical (unpaired) electrons. The zero-order valence-electron chi connectivity index (χ0n) is 14.7. The van der Waals surface area contributed by atoms with Gasteiger partial charge in [-0.25, -0.2) is 8.42 Å².